The lowest BCUT2D eigenvalue weighted by Gasteiger charge is -2.33. The maximum Gasteiger partial charge on any atom is 0.0470 e. The zero-order valence-electron chi connectivity index (χ0n) is 11.5. The van der Waals surface area contributed by atoms with Gasteiger partial charge in [-0.25, -0.2) is 5.84 Å². The third-order valence-corrected chi connectivity index (χ3v) is 2.55. The second kappa shape index (κ2) is 5.02. The molecule has 0 aromatic heterocycles. The zero-order valence-corrected chi connectivity index (χ0v) is 11.5. The van der Waals surface area contributed by atoms with Crippen LogP contribution in [0.4, 0.5) is 0 Å². The second-order valence-corrected chi connectivity index (χ2v) is 6.23. The van der Waals surface area contributed by atoms with Crippen molar-refractivity contribution in [3.8, 4) is 0 Å². The number of hydrogen-bond donors (Lipinski definition) is 1. The van der Waals surface area contributed by atoms with Gasteiger partial charge in [0.2, 0.25) is 0 Å². The Morgan fingerprint density at radius 2 is 1.60 bits per heavy atom. The Balaban J connectivity index is 4.85. The second-order valence-electron chi connectivity index (χ2n) is 6.23. The van der Waals surface area contributed by atoms with E-state index in [0.717, 1.165) is 6.42 Å². The van der Waals surface area contributed by atoms with E-state index >= 15 is 0 Å². The first-order valence-corrected chi connectivity index (χ1v) is 5.84. The first kappa shape index (κ1) is 14.5. The van der Waals surface area contributed by atoms with Crippen LogP contribution in [0, 0.1) is 5.41 Å². The SMILES string of the molecule is CCC/C(=C\N(N)C(C)(C)C)C(C)(C)C. The number of hydrogen-bond acceptors (Lipinski definition) is 2. The fourth-order valence-electron chi connectivity index (χ4n) is 1.26. The minimum absolute atomic E-state index is 0.00968. The molecule has 0 rings (SSSR count). The molecule has 0 bridgehead atoms. The molecule has 0 spiro atoms. The highest BCUT2D eigenvalue weighted by Gasteiger charge is 2.20. The molecule has 0 amide bonds. The van der Waals surface area contributed by atoms with Crippen LogP contribution in [0.3, 0.4) is 0 Å². The number of nitrogens with zero attached hydrogens (tertiary/aromatic N) is 1. The number of allylic oxidation sites excluding steroid dienone is 1. The average molecular weight is 212 g/mol. The summed E-state index contributed by atoms with van der Waals surface area (Å²) < 4.78 is 0. The Bertz CT molecular complexity index is 216. The Morgan fingerprint density at radius 1 is 1.13 bits per heavy atom. The van der Waals surface area contributed by atoms with E-state index in [0.29, 0.717) is 0 Å². The van der Waals surface area contributed by atoms with E-state index < -0.39 is 0 Å². The molecule has 2 nitrogen and oxygen atoms in total. The highest BCUT2D eigenvalue weighted by molar-refractivity contribution is 5.10. The fourth-order valence-corrected chi connectivity index (χ4v) is 1.26. The molecule has 0 aliphatic carbocycles. The van der Waals surface area contributed by atoms with Crippen molar-refractivity contribution >= 4 is 0 Å². The van der Waals surface area contributed by atoms with Crippen molar-refractivity contribution in [3.05, 3.63) is 11.8 Å². The molecule has 90 valence electrons. The summed E-state index contributed by atoms with van der Waals surface area (Å²) in [5.41, 5.74) is 1.62. The fraction of sp³-hybridized carbons (Fsp3) is 0.846. The number of rotatable bonds is 3. The predicted molar refractivity (Wildman–Crippen MR) is 68.2 cm³/mol. The Hall–Kier alpha value is -0.500. The van der Waals surface area contributed by atoms with Gasteiger partial charge in [0, 0.05) is 11.7 Å². The molecule has 0 unspecified atom stereocenters. The molecular weight excluding hydrogens is 184 g/mol. The first-order valence-electron chi connectivity index (χ1n) is 5.84. The van der Waals surface area contributed by atoms with Gasteiger partial charge in [-0.05, 0) is 38.2 Å². The minimum Gasteiger partial charge on any atom is -0.313 e. The van der Waals surface area contributed by atoms with Crippen molar-refractivity contribution in [2.24, 2.45) is 11.3 Å². The van der Waals surface area contributed by atoms with Gasteiger partial charge in [-0.3, -0.25) is 0 Å². The van der Waals surface area contributed by atoms with Gasteiger partial charge in [-0.15, -0.1) is 0 Å². The highest BCUT2D eigenvalue weighted by Crippen LogP contribution is 2.29. The van der Waals surface area contributed by atoms with Crippen molar-refractivity contribution < 1.29 is 0 Å². The predicted octanol–water partition coefficient (Wildman–Crippen LogP) is 3.69. The van der Waals surface area contributed by atoms with Crippen molar-refractivity contribution in [1.82, 2.24) is 5.01 Å². The van der Waals surface area contributed by atoms with E-state index in [2.05, 4.69) is 54.7 Å². The van der Waals surface area contributed by atoms with Crippen LogP contribution >= 0.6 is 0 Å². The molecule has 0 aromatic rings. The van der Waals surface area contributed by atoms with Crippen molar-refractivity contribution in [3.63, 3.8) is 0 Å². The van der Waals surface area contributed by atoms with Crippen molar-refractivity contribution in [1.29, 1.82) is 0 Å². The van der Waals surface area contributed by atoms with Gasteiger partial charge >= 0.3 is 0 Å². The standard InChI is InChI=1S/C13H28N2/c1-8-9-11(12(2,3)4)10-15(14)13(5,6)7/h10H,8-9,14H2,1-7H3/b11-10+. The summed E-state index contributed by atoms with van der Waals surface area (Å²) in [6.45, 7) is 15.3. The molecule has 0 saturated heterocycles. The molecule has 0 saturated carbocycles. The van der Waals surface area contributed by atoms with Crippen LogP contribution in [0.15, 0.2) is 11.8 Å². The maximum absolute atomic E-state index is 6.04. The molecule has 0 radical (unpaired) electrons. The Kier molecular flexibility index (Phi) is 4.85. The lowest BCUT2D eigenvalue weighted by atomic mass is 9.84. The number of nitrogens with two attached hydrogens (primary N) is 1. The maximum atomic E-state index is 6.04. The molecule has 0 aliphatic heterocycles. The van der Waals surface area contributed by atoms with Gasteiger partial charge in [0.15, 0.2) is 0 Å². The summed E-state index contributed by atoms with van der Waals surface area (Å²) in [6, 6.07) is 0. The third kappa shape index (κ3) is 5.22. The normalized spacial score (nSPS) is 14.3. The van der Waals surface area contributed by atoms with Gasteiger partial charge in [0.05, 0.1) is 0 Å². The molecule has 2 N–H and O–H groups in total. The van der Waals surface area contributed by atoms with Crippen LogP contribution in [0.5, 0.6) is 0 Å². The molecule has 0 atom stereocenters. The van der Waals surface area contributed by atoms with Gasteiger partial charge in [-0.2, -0.15) is 0 Å². The molecule has 0 aromatic carbocycles. The van der Waals surface area contributed by atoms with Crippen LogP contribution in [0.1, 0.15) is 61.3 Å². The van der Waals surface area contributed by atoms with E-state index in [1.54, 1.807) is 0 Å². The Labute approximate surface area is 95.5 Å². The van der Waals surface area contributed by atoms with E-state index in [-0.39, 0.29) is 11.0 Å². The van der Waals surface area contributed by atoms with Gasteiger partial charge in [-0.1, -0.05) is 34.1 Å². The summed E-state index contributed by atoms with van der Waals surface area (Å²) in [6.07, 6.45) is 4.40. The van der Waals surface area contributed by atoms with E-state index in [9.17, 15) is 0 Å². The zero-order chi connectivity index (χ0) is 12.3. The van der Waals surface area contributed by atoms with Crippen LogP contribution in [-0.4, -0.2) is 10.5 Å². The lowest BCUT2D eigenvalue weighted by molar-refractivity contribution is 0.205. The van der Waals surface area contributed by atoms with Gasteiger partial charge in [0.25, 0.3) is 0 Å². The van der Waals surface area contributed by atoms with Gasteiger partial charge in [0.1, 0.15) is 0 Å². The molecule has 0 fully saturated rings. The molecule has 15 heavy (non-hydrogen) atoms. The van der Waals surface area contributed by atoms with Crippen molar-refractivity contribution in [2.45, 2.75) is 66.8 Å². The van der Waals surface area contributed by atoms with Crippen LogP contribution < -0.4 is 5.84 Å². The topological polar surface area (TPSA) is 29.3 Å². The summed E-state index contributed by atoms with van der Waals surface area (Å²) in [5, 5.41) is 1.82. The number of hydrazine groups is 1. The highest BCUT2D eigenvalue weighted by atomic mass is 15.4. The molecule has 0 heterocycles. The van der Waals surface area contributed by atoms with E-state index in [1.165, 1.54) is 12.0 Å². The lowest BCUT2D eigenvalue weighted by Crippen LogP contribution is -2.43. The molecule has 2 heteroatoms. The van der Waals surface area contributed by atoms with Crippen molar-refractivity contribution in [2.75, 3.05) is 0 Å². The van der Waals surface area contributed by atoms with E-state index in [1.807, 2.05) is 5.01 Å². The van der Waals surface area contributed by atoms with Gasteiger partial charge < -0.3 is 5.01 Å². The summed E-state index contributed by atoms with van der Waals surface area (Å²) >= 11 is 0. The average Bonchev–Trinajstić information content (AvgIpc) is 1.99. The Morgan fingerprint density at radius 3 is 1.87 bits per heavy atom. The first-order chi connectivity index (χ1) is 6.59. The molecule has 0 aliphatic rings. The smallest absolute Gasteiger partial charge is 0.0470 e. The van der Waals surface area contributed by atoms with Crippen LogP contribution in [-0.2, 0) is 0 Å². The monoisotopic (exact) mass is 212 g/mol. The summed E-state index contributed by atoms with van der Waals surface area (Å²) in [7, 11) is 0. The third-order valence-electron chi connectivity index (χ3n) is 2.55. The minimum atomic E-state index is -0.00968. The van der Waals surface area contributed by atoms with Crippen LogP contribution in [0.25, 0.3) is 0 Å². The molecular formula is C13H28N2. The summed E-state index contributed by atoms with van der Waals surface area (Å²) in [4.78, 5) is 0. The van der Waals surface area contributed by atoms with Crippen LogP contribution in [0.2, 0.25) is 0 Å². The largest absolute Gasteiger partial charge is 0.313 e. The quantitative estimate of drug-likeness (QED) is 0.571. The van der Waals surface area contributed by atoms with E-state index in [4.69, 9.17) is 5.84 Å². The summed E-state index contributed by atoms with van der Waals surface area (Å²) in [5.74, 6) is 6.04.